The second-order valence-corrected chi connectivity index (χ2v) is 12.6. The number of aromatic nitrogens is 2. The predicted octanol–water partition coefficient (Wildman–Crippen LogP) is 3.51. The highest BCUT2D eigenvalue weighted by Gasteiger charge is 2.47. The summed E-state index contributed by atoms with van der Waals surface area (Å²) in [6.07, 6.45) is 0.0772. The quantitative estimate of drug-likeness (QED) is 0.185. The van der Waals surface area contributed by atoms with Crippen LogP contribution in [0.3, 0.4) is 0 Å². The van der Waals surface area contributed by atoms with Gasteiger partial charge in [-0.2, -0.15) is 0 Å². The number of amides is 3. The number of carbonyl (C=O) groups excluding carboxylic acids is 2. The van der Waals surface area contributed by atoms with Gasteiger partial charge in [-0.15, -0.1) is 0 Å². The monoisotopic (exact) mass is 698 g/mol. The molecule has 1 saturated carbocycles. The minimum atomic E-state index is -1.12. The van der Waals surface area contributed by atoms with E-state index in [2.05, 4.69) is 10.6 Å². The second-order valence-electron chi connectivity index (χ2n) is 12.6. The highest BCUT2D eigenvalue weighted by molar-refractivity contribution is 5.97. The Morgan fingerprint density at radius 1 is 1.00 bits per heavy atom. The number of fused-ring (bicyclic) bond motifs is 3. The zero-order chi connectivity index (χ0) is 35.5. The van der Waals surface area contributed by atoms with Crippen molar-refractivity contribution in [2.24, 2.45) is 0 Å². The second kappa shape index (κ2) is 14.6. The van der Waals surface area contributed by atoms with E-state index in [9.17, 15) is 19.2 Å². The van der Waals surface area contributed by atoms with Crippen molar-refractivity contribution in [1.82, 2.24) is 20.2 Å². The first-order chi connectivity index (χ1) is 24.8. The number of nitrogens with zero attached hydrogens (tertiary/aromatic N) is 4. The van der Waals surface area contributed by atoms with Crippen molar-refractivity contribution in [3.05, 3.63) is 82.6 Å². The van der Waals surface area contributed by atoms with E-state index < -0.39 is 12.2 Å². The fourth-order valence-electron chi connectivity index (χ4n) is 6.88. The fourth-order valence-corrected chi connectivity index (χ4v) is 6.88. The first-order valence-corrected chi connectivity index (χ1v) is 16.8. The van der Waals surface area contributed by atoms with Crippen molar-refractivity contribution in [1.29, 1.82) is 0 Å². The van der Waals surface area contributed by atoms with Crippen LogP contribution in [0.5, 0.6) is 17.2 Å². The van der Waals surface area contributed by atoms with E-state index in [0.29, 0.717) is 60.3 Å². The van der Waals surface area contributed by atoms with Crippen molar-refractivity contribution in [3.8, 4) is 17.2 Å². The summed E-state index contributed by atoms with van der Waals surface area (Å²) in [6.45, 7) is 1.39. The summed E-state index contributed by atoms with van der Waals surface area (Å²) >= 11 is 0. The molecule has 15 nitrogen and oxygen atoms in total. The van der Waals surface area contributed by atoms with Gasteiger partial charge in [0.25, 0.3) is 11.5 Å². The lowest BCUT2D eigenvalue weighted by atomic mass is 9.88. The number of carbonyl (C=O) groups is 3. The third-order valence-corrected chi connectivity index (χ3v) is 9.40. The van der Waals surface area contributed by atoms with Crippen LogP contribution in [0.15, 0.2) is 71.5 Å². The predicted molar refractivity (Wildman–Crippen MR) is 186 cm³/mol. The zero-order valence-electron chi connectivity index (χ0n) is 27.9. The van der Waals surface area contributed by atoms with Crippen LogP contribution in [-0.2, 0) is 22.6 Å². The van der Waals surface area contributed by atoms with Gasteiger partial charge in [-0.1, -0.05) is 12.1 Å². The zero-order valence-corrected chi connectivity index (χ0v) is 27.9. The molecule has 3 amide bonds. The maximum atomic E-state index is 13.3. The molecule has 266 valence electrons. The Morgan fingerprint density at radius 2 is 1.80 bits per heavy atom. The summed E-state index contributed by atoms with van der Waals surface area (Å²) in [6, 6.07) is 19.5. The van der Waals surface area contributed by atoms with Crippen molar-refractivity contribution < 1.29 is 38.4 Å². The number of benzene rings is 2. The minimum Gasteiger partial charge on any atom is -0.497 e. The van der Waals surface area contributed by atoms with Crippen LogP contribution in [-0.4, -0.2) is 84.4 Å². The Balaban J connectivity index is 0.989. The van der Waals surface area contributed by atoms with Crippen LogP contribution in [0, 0.1) is 0 Å². The Bertz CT molecular complexity index is 2000. The van der Waals surface area contributed by atoms with Gasteiger partial charge in [0.05, 0.1) is 31.8 Å². The van der Waals surface area contributed by atoms with E-state index in [4.69, 9.17) is 29.0 Å². The largest absolute Gasteiger partial charge is 0.497 e. The van der Waals surface area contributed by atoms with Crippen LogP contribution in [0.1, 0.15) is 24.8 Å². The normalized spacial score (nSPS) is 19.6. The third kappa shape index (κ3) is 7.24. The van der Waals surface area contributed by atoms with E-state index in [-0.39, 0.29) is 56.0 Å². The summed E-state index contributed by atoms with van der Waals surface area (Å²) in [5.41, 5.74) is 1.46. The molecule has 2 aromatic carbocycles. The van der Waals surface area contributed by atoms with Gasteiger partial charge in [-0.3, -0.25) is 19.4 Å². The first-order valence-electron chi connectivity index (χ1n) is 16.8. The topological polar surface area (TPSA) is 174 Å². The summed E-state index contributed by atoms with van der Waals surface area (Å²) in [4.78, 5) is 57.7. The molecule has 4 heterocycles. The van der Waals surface area contributed by atoms with Crippen molar-refractivity contribution >= 4 is 40.6 Å². The molecule has 3 atom stereocenters. The third-order valence-electron chi connectivity index (χ3n) is 9.40. The van der Waals surface area contributed by atoms with Gasteiger partial charge in [-0.05, 0) is 66.3 Å². The molecule has 1 saturated heterocycles. The summed E-state index contributed by atoms with van der Waals surface area (Å²) in [7, 11) is 1.60. The van der Waals surface area contributed by atoms with Gasteiger partial charge >= 0.3 is 12.2 Å². The molecule has 0 bridgehead atoms. The maximum Gasteiger partial charge on any atom is 0.416 e. The van der Waals surface area contributed by atoms with Gasteiger partial charge in [0.1, 0.15) is 30.0 Å². The summed E-state index contributed by atoms with van der Waals surface area (Å²) in [5.74, 6) is 2.22. The number of hydrogen-bond acceptors (Lipinski definition) is 10. The van der Waals surface area contributed by atoms with E-state index >= 15 is 0 Å². The number of carboxylic acid groups (broad SMARTS) is 1. The molecule has 51 heavy (non-hydrogen) atoms. The number of hydrogen-bond donors (Lipinski definition) is 3. The van der Waals surface area contributed by atoms with Crippen LogP contribution in [0.4, 0.5) is 21.2 Å². The van der Waals surface area contributed by atoms with Crippen LogP contribution < -0.4 is 40.2 Å². The Morgan fingerprint density at radius 3 is 2.61 bits per heavy atom. The molecular weight excluding hydrogens is 660 g/mol. The lowest BCUT2D eigenvalue weighted by molar-refractivity contribution is -0.121. The molecule has 0 radical (unpaired) electrons. The molecule has 3 N–H and O–H groups in total. The van der Waals surface area contributed by atoms with E-state index in [1.165, 1.54) is 6.07 Å². The minimum absolute atomic E-state index is 0.0628. The van der Waals surface area contributed by atoms with Gasteiger partial charge in [0.2, 0.25) is 0 Å². The Kier molecular flexibility index (Phi) is 9.61. The Labute approximate surface area is 292 Å². The highest BCUT2D eigenvalue weighted by Crippen LogP contribution is 2.39. The van der Waals surface area contributed by atoms with E-state index in [1.54, 1.807) is 51.8 Å². The van der Waals surface area contributed by atoms with Crippen molar-refractivity contribution in [2.45, 2.75) is 50.5 Å². The molecule has 2 aliphatic heterocycles. The number of rotatable bonds is 12. The molecule has 2 aromatic heterocycles. The van der Waals surface area contributed by atoms with Crippen LogP contribution in [0.2, 0.25) is 0 Å². The van der Waals surface area contributed by atoms with Crippen molar-refractivity contribution in [2.75, 3.05) is 43.2 Å². The molecule has 0 spiro atoms. The highest BCUT2D eigenvalue weighted by atomic mass is 16.6. The van der Waals surface area contributed by atoms with E-state index in [1.807, 2.05) is 30.3 Å². The summed E-state index contributed by atoms with van der Waals surface area (Å²) < 4.78 is 24.1. The number of ether oxygens (including phenoxy) is 4. The van der Waals surface area contributed by atoms with Gasteiger partial charge < -0.3 is 39.3 Å². The average Bonchev–Trinajstić information content (AvgIpc) is 3.47. The average molecular weight is 699 g/mol. The standard InChI is InChI=1S/C36H38N6O9/c1-48-25-7-2-22(3-8-25)20-41-33(44)21-50-29-11-12-31(39-34(29)41)42-27-10-6-24(18-30(27)51-36(42)47)37-14-16-40-28-19-26(49-17-15-38-35(45)46)9-4-23(28)5-13-32(40)43/h2-5,7-9,11-13,19,24,27,30,37-38H,6,10,14-18,20-21H2,1H3,(H,45,46)/t24-,27-,30+/m0/s1. The molecule has 15 heteroatoms. The lowest BCUT2D eigenvalue weighted by Gasteiger charge is -2.34. The van der Waals surface area contributed by atoms with Crippen LogP contribution >= 0.6 is 0 Å². The molecule has 7 rings (SSSR count). The Hall–Kier alpha value is -5.83. The molecule has 4 aromatic rings. The lowest BCUT2D eigenvalue weighted by Crippen LogP contribution is -2.47. The van der Waals surface area contributed by atoms with Gasteiger partial charge in [0, 0.05) is 37.7 Å². The number of anilines is 2. The fraction of sp³-hybridized carbons (Fsp3) is 0.361. The molecule has 2 fully saturated rings. The smallest absolute Gasteiger partial charge is 0.416 e. The van der Waals surface area contributed by atoms with Gasteiger partial charge in [-0.25, -0.2) is 14.6 Å². The molecule has 1 aliphatic carbocycles. The molecule has 0 unspecified atom stereocenters. The van der Waals surface area contributed by atoms with Gasteiger partial charge in [0.15, 0.2) is 18.2 Å². The number of nitrogens with one attached hydrogen (secondary N) is 2. The summed E-state index contributed by atoms with van der Waals surface area (Å²) in [5, 5.41) is 15.4. The van der Waals surface area contributed by atoms with E-state index in [0.717, 1.165) is 17.4 Å². The van der Waals surface area contributed by atoms with Crippen molar-refractivity contribution in [3.63, 3.8) is 0 Å². The molecular formula is C36H38N6O9. The maximum absolute atomic E-state index is 13.3. The number of methoxy groups -OCH3 is 1. The first kappa shape index (κ1) is 33.7. The van der Waals surface area contributed by atoms with Crippen LogP contribution in [0.25, 0.3) is 10.9 Å². The SMILES string of the molecule is COc1ccc(CN2C(=O)COc3ccc(N4C(=O)O[C@@H]5C[C@@H](NCCn6c(=O)ccc7ccc(OCCNC(=O)O)cc76)CC[C@@H]54)nc32)cc1. The number of pyridine rings is 2. The molecule has 3 aliphatic rings.